The number of piperazine rings is 1. The Balaban J connectivity index is 0.00000306. The molecule has 0 unspecified atom stereocenters. The molecule has 180 valence electrons. The topological polar surface area (TPSA) is 69.0 Å². The summed E-state index contributed by atoms with van der Waals surface area (Å²) in [6.45, 7) is 10.7. The number of nitrogens with zero attached hydrogens (tertiary/aromatic N) is 6. The van der Waals surface area contributed by atoms with Crippen LogP contribution in [0, 0.1) is 13.8 Å². The van der Waals surface area contributed by atoms with Gasteiger partial charge in [-0.1, -0.05) is 18.2 Å². The van der Waals surface area contributed by atoms with Gasteiger partial charge >= 0.3 is 0 Å². The van der Waals surface area contributed by atoms with Crippen LogP contribution in [0.3, 0.4) is 0 Å². The number of nitrogens with one attached hydrogen (secondary N) is 1. The van der Waals surface area contributed by atoms with E-state index in [4.69, 9.17) is 0 Å². The Morgan fingerprint density at radius 3 is 2.36 bits per heavy atom. The molecule has 1 N–H and O–H groups in total. The molecule has 2 aliphatic heterocycles. The number of rotatable bonds is 5. The third-order valence-electron chi connectivity index (χ3n) is 6.37. The minimum atomic E-state index is 0. The van der Waals surface area contributed by atoms with Crippen LogP contribution in [-0.4, -0.2) is 89.2 Å². The van der Waals surface area contributed by atoms with Gasteiger partial charge < -0.3 is 15.1 Å². The molecule has 2 aliphatic rings. The van der Waals surface area contributed by atoms with Crippen LogP contribution < -0.4 is 5.32 Å². The van der Waals surface area contributed by atoms with Gasteiger partial charge in [0.1, 0.15) is 0 Å². The fraction of sp³-hybridized carbons (Fsp3) is 0.542. The molecular formula is C24H36IN7O. The first-order chi connectivity index (χ1) is 15.5. The molecule has 4 rings (SSSR count). The number of guanidine groups is 1. The lowest BCUT2D eigenvalue weighted by Gasteiger charge is -2.36. The third kappa shape index (κ3) is 6.26. The van der Waals surface area contributed by atoms with Gasteiger partial charge in [-0.25, -0.2) is 4.68 Å². The Bertz CT molecular complexity index is 959. The van der Waals surface area contributed by atoms with Crippen LogP contribution in [0.4, 0.5) is 0 Å². The highest BCUT2D eigenvalue weighted by Crippen LogP contribution is 2.17. The second kappa shape index (κ2) is 11.8. The van der Waals surface area contributed by atoms with Crippen LogP contribution in [0.25, 0.3) is 5.69 Å². The summed E-state index contributed by atoms with van der Waals surface area (Å²) in [6, 6.07) is 10.4. The monoisotopic (exact) mass is 565 g/mol. The molecular weight excluding hydrogens is 529 g/mol. The van der Waals surface area contributed by atoms with E-state index in [1.54, 1.807) is 0 Å². The summed E-state index contributed by atoms with van der Waals surface area (Å²) in [4.78, 5) is 23.5. The van der Waals surface area contributed by atoms with Crippen molar-refractivity contribution < 1.29 is 4.79 Å². The van der Waals surface area contributed by atoms with Gasteiger partial charge in [-0.3, -0.25) is 14.7 Å². The maximum Gasteiger partial charge on any atom is 0.236 e. The third-order valence-corrected chi connectivity index (χ3v) is 6.37. The number of amides is 1. The van der Waals surface area contributed by atoms with Crippen molar-refractivity contribution in [1.29, 1.82) is 0 Å². The number of halogens is 1. The fourth-order valence-electron chi connectivity index (χ4n) is 4.62. The maximum atomic E-state index is 12.4. The average Bonchev–Trinajstić information content (AvgIpc) is 3.45. The van der Waals surface area contributed by atoms with E-state index in [9.17, 15) is 4.79 Å². The molecule has 0 atom stereocenters. The van der Waals surface area contributed by atoms with E-state index >= 15 is 0 Å². The molecule has 0 aliphatic carbocycles. The molecule has 2 fully saturated rings. The lowest BCUT2D eigenvalue weighted by Crippen LogP contribution is -2.54. The Morgan fingerprint density at radius 2 is 1.73 bits per heavy atom. The number of para-hydroxylation sites is 1. The number of aromatic nitrogens is 2. The number of aliphatic imine (C=N–C) groups is 1. The first kappa shape index (κ1) is 25.5. The van der Waals surface area contributed by atoms with E-state index in [0.29, 0.717) is 13.1 Å². The van der Waals surface area contributed by atoms with E-state index < -0.39 is 0 Å². The van der Waals surface area contributed by atoms with Gasteiger partial charge in [0.05, 0.1) is 17.9 Å². The molecule has 33 heavy (non-hydrogen) atoms. The molecule has 1 amide bonds. The molecule has 2 aromatic rings. The normalized spacial score (nSPS) is 17.2. The zero-order chi connectivity index (χ0) is 22.5. The number of likely N-dealkylation sites (tertiary alicyclic amines) is 1. The molecule has 0 bridgehead atoms. The van der Waals surface area contributed by atoms with E-state index in [1.165, 1.54) is 5.56 Å². The summed E-state index contributed by atoms with van der Waals surface area (Å²) < 4.78 is 2.01. The number of aryl methyl sites for hydroxylation is 2. The van der Waals surface area contributed by atoms with Gasteiger partial charge in [-0.05, 0) is 44.4 Å². The lowest BCUT2D eigenvalue weighted by atomic mass is 10.1. The van der Waals surface area contributed by atoms with Gasteiger partial charge in [-0.2, -0.15) is 5.10 Å². The van der Waals surface area contributed by atoms with Crippen molar-refractivity contribution >= 4 is 35.8 Å². The minimum absolute atomic E-state index is 0. The van der Waals surface area contributed by atoms with Gasteiger partial charge in [0, 0.05) is 58.6 Å². The number of hydrogen-bond donors (Lipinski definition) is 1. The van der Waals surface area contributed by atoms with Crippen LogP contribution >= 0.6 is 24.0 Å². The molecule has 0 radical (unpaired) electrons. The predicted molar refractivity (Wildman–Crippen MR) is 142 cm³/mol. The molecule has 3 heterocycles. The Morgan fingerprint density at radius 1 is 1.03 bits per heavy atom. The van der Waals surface area contributed by atoms with Crippen LogP contribution in [0.2, 0.25) is 0 Å². The van der Waals surface area contributed by atoms with E-state index in [2.05, 4.69) is 56.4 Å². The highest BCUT2D eigenvalue weighted by Gasteiger charge is 2.24. The molecule has 1 aromatic carbocycles. The second-order valence-corrected chi connectivity index (χ2v) is 8.72. The Hall–Kier alpha value is -2.14. The zero-order valence-corrected chi connectivity index (χ0v) is 22.3. The van der Waals surface area contributed by atoms with Crippen molar-refractivity contribution in [2.75, 3.05) is 52.9 Å². The summed E-state index contributed by atoms with van der Waals surface area (Å²) in [7, 11) is 1.83. The highest BCUT2D eigenvalue weighted by atomic mass is 127. The van der Waals surface area contributed by atoms with Crippen LogP contribution in [0.1, 0.15) is 29.8 Å². The summed E-state index contributed by atoms with van der Waals surface area (Å²) in [5.41, 5.74) is 4.40. The molecule has 0 saturated carbocycles. The zero-order valence-electron chi connectivity index (χ0n) is 20.0. The Kier molecular flexibility index (Phi) is 9.13. The van der Waals surface area contributed by atoms with Crippen molar-refractivity contribution in [2.45, 2.75) is 33.2 Å². The Labute approximate surface area is 214 Å². The summed E-state index contributed by atoms with van der Waals surface area (Å²) in [6.07, 6.45) is 2.29. The van der Waals surface area contributed by atoms with E-state index in [1.807, 2.05) is 29.6 Å². The van der Waals surface area contributed by atoms with Crippen molar-refractivity contribution in [3.63, 3.8) is 0 Å². The number of carbonyl (C=O) groups excluding carboxylic acids is 1. The van der Waals surface area contributed by atoms with Crippen LogP contribution in [0.15, 0.2) is 35.3 Å². The van der Waals surface area contributed by atoms with E-state index in [-0.39, 0.29) is 29.9 Å². The smallest absolute Gasteiger partial charge is 0.236 e. The standard InChI is InChI=1S/C24H35N7O.HI/c1-19-16-20(2)31(27-19)22-9-5-4-8-21(22)17-26-24(25-3)30-14-12-28(13-15-30)18-23(32)29-10-6-7-11-29;/h4-5,8-9,16H,6-7,10-15,17-18H2,1-3H3,(H,25,26);1H. The highest BCUT2D eigenvalue weighted by molar-refractivity contribution is 14.0. The van der Waals surface area contributed by atoms with Crippen LogP contribution in [0.5, 0.6) is 0 Å². The average molecular weight is 566 g/mol. The first-order valence-electron chi connectivity index (χ1n) is 11.6. The molecule has 9 heteroatoms. The van der Waals surface area contributed by atoms with E-state index in [0.717, 1.165) is 75.1 Å². The molecule has 2 saturated heterocycles. The number of benzene rings is 1. The van der Waals surface area contributed by atoms with Gasteiger partial charge in [0.15, 0.2) is 5.96 Å². The van der Waals surface area contributed by atoms with Crippen LogP contribution in [-0.2, 0) is 11.3 Å². The minimum Gasteiger partial charge on any atom is -0.352 e. The number of hydrogen-bond acceptors (Lipinski definition) is 4. The maximum absolute atomic E-state index is 12.4. The van der Waals surface area contributed by atoms with Crippen molar-refractivity contribution in [3.05, 3.63) is 47.3 Å². The van der Waals surface area contributed by atoms with Crippen molar-refractivity contribution in [1.82, 2.24) is 29.8 Å². The summed E-state index contributed by atoms with van der Waals surface area (Å²) in [5.74, 6) is 1.18. The molecule has 0 spiro atoms. The predicted octanol–water partition coefficient (Wildman–Crippen LogP) is 2.42. The second-order valence-electron chi connectivity index (χ2n) is 8.72. The van der Waals surface area contributed by atoms with Crippen molar-refractivity contribution in [3.8, 4) is 5.69 Å². The lowest BCUT2D eigenvalue weighted by molar-refractivity contribution is -0.131. The van der Waals surface area contributed by atoms with Gasteiger partial charge in [-0.15, -0.1) is 24.0 Å². The SMILES string of the molecule is CN=C(NCc1ccccc1-n1nc(C)cc1C)N1CCN(CC(=O)N2CCCC2)CC1.I. The largest absolute Gasteiger partial charge is 0.352 e. The number of carbonyl (C=O) groups is 1. The quantitative estimate of drug-likeness (QED) is 0.343. The summed E-state index contributed by atoms with van der Waals surface area (Å²) >= 11 is 0. The van der Waals surface area contributed by atoms with Gasteiger partial charge in [0.2, 0.25) is 5.91 Å². The van der Waals surface area contributed by atoms with Crippen molar-refractivity contribution in [2.24, 2.45) is 4.99 Å². The molecule has 1 aromatic heterocycles. The fourth-order valence-corrected chi connectivity index (χ4v) is 4.62. The first-order valence-corrected chi connectivity index (χ1v) is 11.6. The van der Waals surface area contributed by atoms with Gasteiger partial charge in [0.25, 0.3) is 0 Å². The molecule has 8 nitrogen and oxygen atoms in total. The summed E-state index contributed by atoms with van der Waals surface area (Å²) in [5, 5.41) is 8.18.